The van der Waals surface area contributed by atoms with Gasteiger partial charge in [-0.1, -0.05) is 53.2 Å². The normalized spacial score (nSPS) is 11.4. The summed E-state index contributed by atoms with van der Waals surface area (Å²) in [4.78, 5) is 12.7. The molecule has 1 amide bonds. The molecular formula is C26H20Cl2N3NaO6S. The third-order valence-electron chi connectivity index (χ3n) is 5.55. The average molecular weight is 596 g/mol. The number of carbonyl (C=O) groups is 1. The smallest absolute Gasteiger partial charge is 0.870 e. The molecule has 0 spiro atoms. The van der Waals surface area contributed by atoms with Crippen LogP contribution in [0, 0.1) is 6.92 Å². The van der Waals surface area contributed by atoms with Gasteiger partial charge in [0.2, 0.25) is 0 Å². The molecule has 9 nitrogen and oxygen atoms in total. The average Bonchev–Trinajstić information content (AvgIpc) is 2.86. The first kappa shape index (κ1) is 30.8. The second kappa shape index (κ2) is 12.6. The molecule has 0 aromatic heterocycles. The number of halogens is 2. The van der Waals surface area contributed by atoms with E-state index in [2.05, 4.69) is 15.5 Å². The molecule has 0 aliphatic rings. The van der Waals surface area contributed by atoms with Crippen molar-refractivity contribution in [2.45, 2.75) is 18.7 Å². The van der Waals surface area contributed by atoms with Gasteiger partial charge in [0.25, 0.3) is 16.0 Å². The third kappa shape index (κ3) is 6.90. The van der Waals surface area contributed by atoms with Crippen molar-refractivity contribution >= 4 is 67.1 Å². The number of fused-ring (bicyclic) bond motifs is 1. The van der Waals surface area contributed by atoms with E-state index in [0.29, 0.717) is 23.1 Å². The number of azo groups is 1. The fourth-order valence-corrected chi connectivity index (χ4v) is 5.00. The van der Waals surface area contributed by atoms with Gasteiger partial charge in [-0.25, -0.2) is 0 Å². The number of rotatable bonds is 7. The minimum absolute atomic E-state index is 0. The Hall–Kier alpha value is -2.70. The molecule has 4 rings (SSSR count). The first-order valence-electron chi connectivity index (χ1n) is 11.2. The molecule has 0 aliphatic heterocycles. The van der Waals surface area contributed by atoms with Crippen molar-refractivity contribution < 1.29 is 57.2 Å². The van der Waals surface area contributed by atoms with Crippen LogP contribution in [0.15, 0.2) is 75.8 Å². The molecule has 4 aromatic rings. The molecule has 0 radical (unpaired) electrons. The Balaban J connectivity index is 0.00000420. The fourth-order valence-electron chi connectivity index (χ4n) is 3.74. The zero-order chi connectivity index (χ0) is 27.6. The Morgan fingerprint density at radius 3 is 2.46 bits per heavy atom. The summed E-state index contributed by atoms with van der Waals surface area (Å²) in [7, 11) is -4.58. The van der Waals surface area contributed by atoms with Gasteiger partial charge in [0, 0.05) is 22.0 Å². The van der Waals surface area contributed by atoms with Gasteiger partial charge in [-0.2, -0.15) is 18.6 Å². The summed E-state index contributed by atoms with van der Waals surface area (Å²) in [5.41, 5.74) is 0.0343. The zero-order valence-corrected chi connectivity index (χ0v) is 25.4. The Morgan fingerprint density at radius 2 is 1.79 bits per heavy atom. The maximum absolute atomic E-state index is 13.4. The summed E-state index contributed by atoms with van der Waals surface area (Å²) in [5, 5.41) is 25.4. The number of nitrogens with zero attached hydrogens (tertiary/aromatic N) is 2. The first-order valence-corrected chi connectivity index (χ1v) is 13.3. The predicted molar refractivity (Wildman–Crippen MR) is 144 cm³/mol. The number of carbonyl (C=O) groups excluding carboxylic acids is 1. The van der Waals surface area contributed by atoms with Gasteiger partial charge in [-0.3, -0.25) is 9.35 Å². The van der Waals surface area contributed by atoms with Crippen molar-refractivity contribution in [1.82, 2.24) is 0 Å². The monoisotopic (exact) mass is 595 g/mol. The Labute approximate surface area is 256 Å². The Morgan fingerprint density at radius 1 is 1.08 bits per heavy atom. The summed E-state index contributed by atoms with van der Waals surface area (Å²) in [6.45, 7) is 3.69. The largest absolute Gasteiger partial charge is 1.00 e. The molecule has 2 N–H and O–H groups in total. The number of ether oxygens (including phenoxy) is 1. The topological polar surface area (TPSA) is 140 Å². The molecule has 0 aliphatic carbocycles. The van der Waals surface area contributed by atoms with Crippen LogP contribution in [0.5, 0.6) is 11.5 Å². The molecule has 0 saturated carbocycles. The summed E-state index contributed by atoms with van der Waals surface area (Å²) >= 11 is 12.3. The van der Waals surface area contributed by atoms with Crippen LogP contribution in [0.25, 0.3) is 10.8 Å². The van der Waals surface area contributed by atoms with Crippen molar-refractivity contribution in [2.75, 3.05) is 11.9 Å². The van der Waals surface area contributed by atoms with E-state index >= 15 is 0 Å². The van der Waals surface area contributed by atoms with Crippen LogP contribution < -0.4 is 44.7 Å². The first-order chi connectivity index (χ1) is 18.0. The number of benzene rings is 4. The number of nitrogens with one attached hydrogen (secondary N) is 1. The number of anilines is 1. The summed E-state index contributed by atoms with van der Waals surface area (Å²) < 4.78 is 38.3. The molecular weight excluding hydrogens is 576 g/mol. The predicted octanol–water partition coefficient (Wildman–Crippen LogP) is 3.85. The van der Waals surface area contributed by atoms with Gasteiger partial charge in [0.05, 0.1) is 28.7 Å². The second-order valence-electron chi connectivity index (χ2n) is 8.07. The maximum atomic E-state index is 13.4. The molecule has 196 valence electrons. The van der Waals surface area contributed by atoms with Crippen molar-refractivity contribution in [1.29, 1.82) is 0 Å². The van der Waals surface area contributed by atoms with Crippen LogP contribution in [0.1, 0.15) is 22.8 Å². The van der Waals surface area contributed by atoms with Gasteiger partial charge in [-0.15, -0.1) is 0 Å². The van der Waals surface area contributed by atoms with E-state index < -0.39 is 26.7 Å². The molecule has 0 fully saturated rings. The van der Waals surface area contributed by atoms with Gasteiger partial charge >= 0.3 is 29.6 Å². The van der Waals surface area contributed by atoms with E-state index in [9.17, 15) is 22.9 Å². The summed E-state index contributed by atoms with van der Waals surface area (Å²) in [6.07, 6.45) is 0. The van der Waals surface area contributed by atoms with E-state index in [4.69, 9.17) is 27.9 Å². The Kier molecular flexibility index (Phi) is 10.0. The van der Waals surface area contributed by atoms with Gasteiger partial charge in [-0.05, 0) is 55.1 Å². The minimum Gasteiger partial charge on any atom is -0.870 e. The molecule has 4 aromatic carbocycles. The van der Waals surface area contributed by atoms with E-state index in [0.717, 1.165) is 6.07 Å². The van der Waals surface area contributed by atoms with Crippen LogP contribution in [-0.4, -0.2) is 25.5 Å². The molecule has 0 atom stereocenters. The van der Waals surface area contributed by atoms with Crippen LogP contribution in [0.2, 0.25) is 10.0 Å². The molecule has 0 saturated heterocycles. The van der Waals surface area contributed by atoms with E-state index in [1.54, 1.807) is 42.5 Å². The standard InChI is InChI=1S/C26H21Cl2N3O6S.Na/c1-3-37-17-8-9-21(20(28)13-17)29-26(33)19-10-15-6-4-5-7-18(15)24(25(19)32)31-30-22-11-16(27)12-23(14(22)2)38(34,35)36;/h4-13,32H,3H2,1-2H3,(H,29,33)(H,34,35,36);/q;+1/p-1. The van der Waals surface area contributed by atoms with Gasteiger partial charge < -0.3 is 15.2 Å². The molecule has 0 unspecified atom stereocenters. The molecule has 0 bridgehead atoms. The van der Waals surface area contributed by atoms with Crippen molar-refractivity contribution in [2.24, 2.45) is 10.2 Å². The van der Waals surface area contributed by atoms with Crippen molar-refractivity contribution in [3.05, 3.63) is 81.8 Å². The molecule has 13 heteroatoms. The molecule has 0 heterocycles. The third-order valence-corrected chi connectivity index (χ3v) is 7.06. The second-order valence-corrected chi connectivity index (χ2v) is 10.3. The summed E-state index contributed by atoms with van der Waals surface area (Å²) in [6, 6.07) is 15.4. The van der Waals surface area contributed by atoms with E-state index in [1.165, 1.54) is 19.1 Å². The van der Waals surface area contributed by atoms with Gasteiger partial charge in [0.1, 0.15) is 10.6 Å². The van der Waals surface area contributed by atoms with Crippen LogP contribution >= 0.6 is 23.2 Å². The van der Waals surface area contributed by atoms with Crippen LogP contribution in [0.4, 0.5) is 17.1 Å². The van der Waals surface area contributed by atoms with Crippen LogP contribution in [-0.2, 0) is 10.1 Å². The van der Waals surface area contributed by atoms with Crippen molar-refractivity contribution in [3.8, 4) is 11.5 Å². The Bertz CT molecular complexity index is 1710. The SMILES string of the molecule is CCOc1ccc(NC(=O)c2cc3ccccc3c(N=Nc3cc(Cl)cc(S(=O)(=O)O)c3C)c2[O-])c(Cl)c1.[Na+]. The molecule has 39 heavy (non-hydrogen) atoms. The number of amides is 1. The number of hydrogen-bond donors (Lipinski definition) is 2. The van der Waals surface area contributed by atoms with Crippen molar-refractivity contribution in [3.63, 3.8) is 0 Å². The van der Waals surface area contributed by atoms with E-state index in [-0.39, 0.29) is 67.8 Å². The summed E-state index contributed by atoms with van der Waals surface area (Å²) in [5.74, 6) is -0.889. The van der Waals surface area contributed by atoms with E-state index in [1.807, 2.05) is 6.92 Å². The minimum atomic E-state index is -4.58. The van der Waals surface area contributed by atoms with Crippen LogP contribution in [0.3, 0.4) is 0 Å². The maximum Gasteiger partial charge on any atom is 1.00 e. The zero-order valence-electron chi connectivity index (χ0n) is 21.0. The van der Waals surface area contributed by atoms with Gasteiger partial charge in [0.15, 0.2) is 0 Å². The fraction of sp³-hybridized carbons (Fsp3) is 0.115. The number of hydrogen-bond acceptors (Lipinski definition) is 7. The quantitative estimate of drug-likeness (QED) is 0.189.